The van der Waals surface area contributed by atoms with E-state index in [4.69, 9.17) is 5.73 Å². The van der Waals surface area contributed by atoms with E-state index in [1.165, 1.54) is 6.20 Å². The molecule has 1 rings (SSSR count). The van der Waals surface area contributed by atoms with Gasteiger partial charge in [0.25, 0.3) is 0 Å². The first-order chi connectivity index (χ1) is 8.87. The van der Waals surface area contributed by atoms with Crippen molar-refractivity contribution in [3.05, 3.63) is 12.4 Å². The maximum atomic E-state index is 12.3. The first kappa shape index (κ1) is 16.1. The van der Waals surface area contributed by atoms with Gasteiger partial charge in [-0.25, -0.2) is 13.1 Å². The van der Waals surface area contributed by atoms with Crippen molar-refractivity contribution < 1.29 is 8.42 Å². The van der Waals surface area contributed by atoms with Crippen LogP contribution in [0.5, 0.6) is 0 Å². The standard InChI is InChI=1S/C12H24N4O2S/c1-4-12(3,5-2)15-19(17,18)11-9-14-16(10-11)8-6-7-13/h9-10,15H,4-8,13H2,1-3H3. The molecule has 0 spiro atoms. The quantitative estimate of drug-likeness (QED) is 0.749. The molecule has 0 aliphatic rings. The highest BCUT2D eigenvalue weighted by Gasteiger charge is 2.28. The van der Waals surface area contributed by atoms with Crippen LogP contribution in [0.15, 0.2) is 17.3 Å². The maximum Gasteiger partial charge on any atom is 0.244 e. The normalized spacial score (nSPS) is 12.8. The van der Waals surface area contributed by atoms with E-state index in [1.807, 2.05) is 20.8 Å². The second-order valence-electron chi connectivity index (χ2n) is 4.95. The molecule has 0 aliphatic carbocycles. The van der Waals surface area contributed by atoms with E-state index >= 15 is 0 Å². The summed E-state index contributed by atoms with van der Waals surface area (Å²) in [7, 11) is -3.51. The molecule has 0 unspecified atom stereocenters. The highest BCUT2D eigenvalue weighted by molar-refractivity contribution is 7.89. The number of aromatic nitrogens is 2. The van der Waals surface area contributed by atoms with E-state index < -0.39 is 15.6 Å². The van der Waals surface area contributed by atoms with Gasteiger partial charge in [-0.1, -0.05) is 13.8 Å². The number of hydrogen-bond acceptors (Lipinski definition) is 4. The average molecular weight is 288 g/mol. The number of nitrogens with two attached hydrogens (primary N) is 1. The third-order valence-corrected chi connectivity index (χ3v) is 5.05. The van der Waals surface area contributed by atoms with Crippen molar-refractivity contribution in [3.63, 3.8) is 0 Å². The molecule has 0 amide bonds. The minimum atomic E-state index is -3.51. The highest BCUT2D eigenvalue weighted by atomic mass is 32.2. The van der Waals surface area contributed by atoms with E-state index in [0.29, 0.717) is 13.1 Å². The summed E-state index contributed by atoms with van der Waals surface area (Å²) in [6.45, 7) is 7.03. The van der Waals surface area contributed by atoms with E-state index in [2.05, 4.69) is 9.82 Å². The van der Waals surface area contributed by atoms with Gasteiger partial charge in [0.1, 0.15) is 4.90 Å². The second kappa shape index (κ2) is 6.49. The molecule has 1 aromatic heterocycles. The van der Waals surface area contributed by atoms with E-state index in [9.17, 15) is 8.42 Å². The summed E-state index contributed by atoms with van der Waals surface area (Å²) in [6.07, 6.45) is 5.18. The van der Waals surface area contributed by atoms with Crippen LogP contribution in [0.2, 0.25) is 0 Å². The van der Waals surface area contributed by atoms with Gasteiger partial charge in [-0.15, -0.1) is 0 Å². The van der Waals surface area contributed by atoms with Gasteiger partial charge >= 0.3 is 0 Å². The van der Waals surface area contributed by atoms with E-state index in [1.54, 1.807) is 10.9 Å². The zero-order chi connectivity index (χ0) is 14.5. The first-order valence-electron chi connectivity index (χ1n) is 6.63. The number of sulfonamides is 1. The Hall–Kier alpha value is -0.920. The molecule has 1 heterocycles. The van der Waals surface area contributed by atoms with Crippen LogP contribution in [0.1, 0.15) is 40.0 Å². The summed E-state index contributed by atoms with van der Waals surface area (Å²) in [5, 5.41) is 4.04. The van der Waals surface area contributed by atoms with Crippen LogP contribution in [-0.4, -0.2) is 30.3 Å². The third-order valence-electron chi connectivity index (χ3n) is 3.45. The summed E-state index contributed by atoms with van der Waals surface area (Å²) in [4.78, 5) is 0.206. The topological polar surface area (TPSA) is 90.0 Å². The molecule has 3 N–H and O–H groups in total. The summed E-state index contributed by atoms with van der Waals surface area (Å²) < 4.78 is 28.9. The first-order valence-corrected chi connectivity index (χ1v) is 8.11. The molecule has 0 aliphatic heterocycles. The fraction of sp³-hybridized carbons (Fsp3) is 0.750. The Morgan fingerprint density at radius 1 is 1.42 bits per heavy atom. The molecule has 0 aromatic carbocycles. The number of hydrogen-bond donors (Lipinski definition) is 2. The monoisotopic (exact) mass is 288 g/mol. The van der Waals surface area contributed by atoms with Crippen LogP contribution in [0.3, 0.4) is 0 Å². The molecule has 0 atom stereocenters. The third kappa shape index (κ3) is 4.29. The minimum Gasteiger partial charge on any atom is -0.330 e. The smallest absolute Gasteiger partial charge is 0.244 e. The summed E-state index contributed by atoms with van der Waals surface area (Å²) in [6, 6.07) is 0. The van der Waals surface area contributed by atoms with E-state index in [0.717, 1.165) is 19.3 Å². The Kier molecular flexibility index (Phi) is 5.51. The van der Waals surface area contributed by atoms with Gasteiger partial charge in [0.15, 0.2) is 0 Å². The molecule has 0 fully saturated rings. The Morgan fingerprint density at radius 2 is 2.05 bits per heavy atom. The molecule has 0 radical (unpaired) electrons. The van der Waals surface area contributed by atoms with Crippen LogP contribution in [0.4, 0.5) is 0 Å². The molecule has 19 heavy (non-hydrogen) atoms. The highest BCUT2D eigenvalue weighted by Crippen LogP contribution is 2.18. The summed E-state index contributed by atoms with van der Waals surface area (Å²) >= 11 is 0. The van der Waals surface area contributed by atoms with Gasteiger partial charge in [0.05, 0.1) is 6.20 Å². The van der Waals surface area contributed by atoms with Crippen LogP contribution < -0.4 is 10.5 Å². The average Bonchev–Trinajstić information content (AvgIpc) is 2.85. The van der Waals surface area contributed by atoms with Crippen molar-refractivity contribution in [3.8, 4) is 0 Å². The van der Waals surface area contributed by atoms with Crippen molar-refractivity contribution in [2.75, 3.05) is 6.54 Å². The second-order valence-corrected chi connectivity index (χ2v) is 6.64. The van der Waals surface area contributed by atoms with E-state index in [-0.39, 0.29) is 4.90 Å². The number of rotatable bonds is 8. The molecule has 0 bridgehead atoms. The van der Waals surface area contributed by atoms with Crippen LogP contribution in [-0.2, 0) is 16.6 Å². The minimum absolute atomic E-state index is 0.206. The molecular formula is C12H24N4O2S. The Morgan fingerprint density at radius 3 is 2.58 bits per heavy atom. The van der Waals surface area contributed by atoms with Crippen molar-refractivity contribution in [2.24, 2.45) is 5.73 Å². The lowest BCUT2D eigenvalue weighted by atomic mass is 9.98. The van der Waals surface area contributed by atoms with Gasteiger partial charge in [0, 0.05) is 18.3 Å². The van der Waals surface area contributed by atoms with Crippen LogP contribution in [0.25, 0.3) is 0 Å². The molecule has 110 valence electrons. The Bertz CT molecular complexity index is 492. The fourth-order valence-electron chi connectivity index (χ4n) is 1.64. The lowest BCUT2D eigenvalue weighted by Crippen LogP contribution is -2.44. The van der Waals surface area contributed by atoms with Gasteiger partial charge < -0.3 is 5.73 Å². The van der Waals surface area contributed by atoms with Gasteiger partial charge in [0.2, 0.25) is 10.0 Å². The van der Waals surface area contributed by atoms with Crippen LogP contribution >= 0.6 is 0 Å². The number of aryl methyl sites for hydroxylation is 1. The molecular weight excluding hydrogens is 264 g/mol. The van der Waals surface area contributed by atoms with Crippen molar-refractivity contribution >= 4 is 10.0 Å². The van der Waals surface area contributed by atoms with Gasteiger partial charge in [-0.3, -0.25) is 4.68 Å². The van der Waals surface area contributed by atoms with Crippen LogP contribution in [0, 0.1) is 0 Å². The van der Waals surface area contributed by atoms with Crippen molar-refractivity contribution in [1.82, 2.24) is 14.5 Å². The molecule has 0 saturated carbocycles. The summed E-state index contributed by atoms with van der Waals surface area (Å²) in [5.74, 6) is 0. The van der Waals surface area contributed by atoms with Crippen molar-refractivity contribution in [1.29, 1.82) is 0 Å². The zero-order valence-electron chi connectivity index (χ0n) is 11.9. The van der Waals surface area contributed by atoms with Crippen molar-refractivity contribution in [2.45, 2.75) is 57.0 Å². The zero-order valence-corrected chi connectivity index (χ0v) is 12.7. The molecule has 7 heteroatoms. The Labute approximate surface area is 115 Å². The molecule has 6 nitrogen and oxygen atoms in total. The lowest BCUT2D eigenvalue weighted by molar-refractivity contribution is 0.388. The number of nitrogens with one attached hydrogen (secondary N) is 1. The lowest BCUT2D eigenvalue weighted by Gasteiger charge is -2.27. The predicted octanol–water partition coefficient (Wildman–Crippen LogP) is 1.09. The Balaban J connectivity index is 2.85. The molecule has 0 saturated heterocycles. The predicted molar refractivity (Wildman–Crippen MR) is 75.2 cm³/mol. The SMILES string of the molecule is CCC(C)(CC)NS(=O)(=O)c1cnn(CCCN)c1. The largest absolute Gasteiger partial charge is 0.330 e. The fourth-order valence-corrected chi connectivity index (χ4v) is 3.14. The van der Waals surface area contributed by atoms with Gasteiger partial charge in [-0.05, 0) is 32.7 Å². The maximum absolute atomic E-state index is 12.3. The molecule has 1 aromatic rings. The number of nitrogens with zero attached hydrogens (tertiary/aromatic N) is 2. The van der Waals surface area contributed by atoms with Gasteiger partial charge in [-0.2, -0.15) is 5.10 Å². The summed E-state index contributed by atoms with van der Waals surface area (Å²) in [5.41, 5.74) is 5.00.